The number of phenolic OH excluding ortho intramolecular Hbond substituents is 1. The van der Waals surface area contributed by atoms with E-state index in [-0.39, 0.29) is 17.0 Å². The van der Waals surface area contributed by atoms with Gasteiger partial charge in [0.2, 0.25) is 0 Å². The lowest BCUT2D eigenvalue weighted by atomic mass is 10.2. The molecule has 0 fully saturated rings. The van der Waals surface area contributed by atoms with Crippen molar-refractivity contribution in [1.29, 1.82) is 5.26 Å². The van der Waals surface area contributed by atoms with Gasteiger partial charge in [-0.25, -0.2) is 5.14 Å². The highest BCUT2D eigenvalue weighted by atomic mass is 32.2. The zero-order chi connectivity index (χ0) is 10.8. The largest absolute Gasteiger partial charge is 0.508 e. The van der Waals surface area contributed by atoms with E-state index in [0.717, 1.165) is 6.07 Å². The van der Waals surface area contributed by atoms with Gasteiger partial charge in [0.15, 0.2) is 0 Å². The Balaban J connectivity index is 3.20. The molecule has 1 rings (SSSR count). The van der Waals surface area contributed by atoms with E-state index in [2.05, 4.69) is 0 Å². The molecule has 0 aliphatic carbocycles. The Morgan fingerprint density at radius 3 is 2.64 bits per heavy atom. The number of nitrogens with one attached hydrogen (secondary N) is 1. The summed E-state index contributed by atoms with van der Waals surface area (Å²) in [5.41, 5.74) is 0.0341. The highest BCUT2D eigenvalue weighted by molar-refractivity contribution is 7.90. The number of rotatable bonds is 2. The lowest BCUT2D eigenvalue weighted by Gasteiger charge is -2.05. The molecule has 0 spiro atoms. The standard InChI is InChI=1S/C7H7N3O3S/c8-4-5-1-2-6(11)3-7(5)10-14(9,12)13/h1-3,10-11H,(H2,9,12,13). The maximum atomic E-state index is 10.7. The molecular weight excluding hydrogens is 206 g/mol. The van der Waals surface area contributed by atoms with E-state index in [1.54, 1.807) is 6.07 Å². The zero-order valence-electron chi connectivity index (χ0n) is 6.93. The Bertz CT molecular complexity index is 489. The summed E-state index contributed by atoms with van der Waals surface area (Å²) in [6.45, 7) is 0. The van der Waals surface area contributed by atoms with Gasteiger partial charge in [0.25, 0.3) is 10.2 Å². The summed E-state index contributed by atoms with van der Waals surface area (Å²) in [7, 11) is -3.94. The second-order valence-corrected chi connectivity index (χ2v) is 3.78. The Labute approximate surface area is 80.8 Å². The zero-order valence-corrected chi connectivity index (χ0v) is 7.75. The first-order valence-corrected chi connectivity index (χ1v) is 5.00. The molecule has 14 heavy (non-hydrogen) atoms. The second kappa shape index (κ2) is 3.53. The Morgan fingerprint density at radius 1 is 1.50 bits per heavy atom. The fourth-order valence-corrected chi connectivity index (χ4v) is 1.34. The molecule has 4 N–H and O–H groups in total. The van der Waals surface area contributed by atoms with Crippen LogP contribution < -0.4 is 9.86 Å². The van der Waals surface area contributed by atoms with E-state index in [9.17, 15) is 8.42 Å². The van der Waals surface area contributed by atoms with Crippen molar-refractivity contribution in [3.63, 3.8) is 0 Å². The average molecular weight is 213 g/mol. The van der Waals surface area contributed by atoms with E-state index < -0.39 is 10.2 Å². The van der Waals surface area contributed by atoms with Gasteiger partial charge in [-0.05, 0) is 12.1 Å². The van der Waals surface area contributed by atoms with Gasteiger partial charge in [0.05, 0.1) is 11.3 Å². The van der Waals surface area contributed by atoms with Crippen LogP contribution in [0.4, 0.5) is 5.69 Å². The number of phenols is 1. The van der Waals surface area contributed by atoms with Crippen LogP contribution in [0.2, 0.25) is 0 Å². The van der Waals surface area contributed by atoms with Crippen molar-refractivity contribution >= 4 is 15.9 Å². The van der Waals surface area contributed by atoms with Crippen molar-refractivity contribution in [2.75, 3.05) is 4.72 Å². The lowest BCUT2D eigenvalue weighted by Crippen LogP contribution is -2.22. The van der Waals surface area contributed by atoms with Crippen LogP contribution >= 0.6 is 0 Å². The smallest absolute Gasteiger partial charge is 0.296 e. The highest BCUT2D eigenvalue weighted by Gasteiger charge is 2.08. The van der Waals surface area contributed by atoms with Gasteiger partial charge in [-0.2, -0.15) is 13.7 Å². The van der Waals surface area contributed by atoms with Crippen LogP contribution in [0.15, 0.2) is 18.2 Å². The van der Waals surface area contributed by atoms with E-state index in [4.69, 9.17) is 15.5 Å². The molecule has 0 amide bonds. The van der Waals surface area contributed by atoms with E-state index in [1.807, 2.05) is 4.72 Å². The molecule has 1 aromatic carbocycles. The average Bonchev–Trinajstić information content (AvgIpc) is 2.01. The van der Waals surface area contributed by atoms with Crippen LogP contribution in [-0.2, 0) is 10.2 Å². The maximum absolute atomic E-state index is 10.7. The number of hydrogen-bond acceptors (Lipinski definition) is 4. The first-order valence-electron chi connectivity index (χ1n) is 3.46. The number of nitriles is 1. The Morgan fingerprint density at radius 2 is 2.14 bits per heavy atom. The summed E-state index contributed by atoms with van der Waals surface area (Å²) in [5.74, 6) is -0.157. The molecule has 0 unspecified atom stereocenters. The summed E-state index contributed by atoms with van der Waals surface area (Å²) in [4.78, 5) is 0. The molecule has 0 bridgehead atoms. The molecule has 0 atom stereocenters. The van der Waals surface area contributed by atoms with Gasteiger partial charge in [-0.15, -0.1) is 0 Å². The monoisotopic (exact) mass is 213 g/mol. The van der Waals surface area contributed by atoms with Crippen molar-refractivity contribution in [3.05, 3.63) is 23.8 Å². The third-order valence-electron chi connectivity index (χ3n) is 1.38. The first-order chi connectivity index (χ1) is 6.42. The normalized spacial score (nSPS) is 10.6. The molecule has 1 aromatic rings. The summed E-state index contributed by atoms with van der Waals surface area (Å²) >= 11 is 0. The van der Waals surface area contributed by atoms with Gasteiger partial charge < -0.3 is 5.11 Å². The minimum atomic E-state index is -3.94. The molecule has 74 valence electrons. The summed E-state index contributed by atoms with van der Waals surface area (Å²) < 4.78 is 23.2. The number of anilines is 1. The van der Waals surface area contributed by atoms with Gasteiger partial charge in [-0.1, -0.05) is 0 Å². The van der Waals surface area contributed by atoms with Gasteiger partial charge >= 0.3 is 0 Å². The van der Waals surface area contributed by atoms with Crippen molar-refractivity contribution in [2.45, 2.75) is 0 Å². The molecule has 0 aliphatic rings. The number of benzene rings is 1. The lowest BCUT2D eigenvalue weighted by molar-refractivity contribution is 0.475. The maximum Gasteiger partial charge on any atom is 0.296 e. The Hall–Kier alpha value is -1.78. The number of hydrogen-bond donors (Lipinski definition) is 3. The molecule has 0 heterocycles. The molecule has 6 nitrogen and oxygen atoms in total. The van der Waals surface area contributed by atoms with Gasteiger partial charge in [0.1, 0.15) is 11.8 Å². The third-order valence-corrected chi connectivity index (χ3v) is 1.88. The quantitative estimate of drug-likeness (QED) is 0.634. The van der Waals surface area contributed by atoms with Crippen LogP contribution in [0.25, 0.3) is 0 Å². The van der Waals surface area contributed by atoms with Gasteiger partial charge in [-0.3, -0.25) is 4.72 Å². The van der Waals surface area contributed by atoms with E-state index in [0.29, 0.717) is 0 Å². The van der Waals surface area contributed by atoms with Crippen molar-refractivity contribution in [3.8, 4) is 11.8 Å². The second-order valence-electron chi connectivity index (χ2n) is 2.49. The number of aromatic hydroxyl groups is 1. The topological polar surface area (TPSA) is 116 Å². The number of nitrogens with zero attached hydrogens (tertiary/aromatic N) is 1. The first kappa shape index (κ1) is 10.3. The number of nitrogens with two attached hydrogens (primary N) is 1. The third kappa shape index (κ3) is 2.62. The molecule has 0 saturated heterocycles. The molecule has 7 heteroatoms. The molecule has 0 aliphatic heterocycles. The fourth-order valence-electron chi connectivity index (χ4n) is 0.867. The molecule has 0 aromatic heterocycles. The van der Waals surface area contributed by atoms with Crippen LogP contribution in [0.3, 0.4) is 0 Å². The van der Waals surface area contributed by atoms with E-state index in [1.165, 1.54) is 12.1 Å². The highest BCUT2D eigenvalue weighted by Crippen LogP contribution is 2.21. The summed E-state index contributed by atoms with van der Waals surface area (Å²) in [6, 6.07) is 5.40. The molecular formula is C7H7N3O3S. The minimum absolute atomic E-state index is 0.0463. The van der Waals surface area contributed by atoms with Crippen LogP contribution in [-0.4, -0.2) is 13.5 Å². The summed E-state index contributed by atoms with van der Waals surface area (Å²) in [5, 5.41) is 22.4. The SMILES string of the molecule is N#Cc1ccc(O)cc1NS(N)(=O)=O. The predicted octanol–water partition coefficient (Wildman–Crippen LogP) is -0.121. The van der Waals surface area contributed by atoms with Crippen LogP contribution in [0, 0.1) is 11.3 Å². The molecule has 0 radical (unpaired) electrons. The predicted molar refractivity (Wildman–Crippen MR) is 49.6 cm³/mol. The Kier molecular flexibility index (Phi) is 2.60. The van der Waals surface area contributed by atoms with Crippen LogP contribution in [0.5, 0.6) is 5.75 Å². The minimum Gasteiger partial charge on any atom is -0.508 e. The van der Waals surface area contributed by atoms with Crippen molar-refractivity contribution < 1.29 is 13.5 Å². The fraction of sp³-hybridized carbons (Fsp3) is 0. The van der Waals surface area contributed by atoms with Crippen molar-refractivity contribution in [2.24, 2.45) is 5.14 Å². The molecule has 0 saturated carbocycles. The van der Waals surface area contributed by atoms with Crippen LogP contribution in [0.1, 0.15) is 5.56 Å². The summed E-state index contributed by atoms with van der Waals surface area (Å²) in [6.07, 6.45) is 0. The van der Waals surface area contributed by atoms with E-state index >= 15 is 0 Å². The van der Waals surface area contributed by atoms with Gasteiger partial charge in [0, 0.05) is 6.07 Å². The van der Waals surface area contributed by atoms with Crippen molar-refractivity contribution in [1.82, 2.24) is 0 Å².